The maximum absolute atomic E-state index is 13.7. The minimum Gasteiger partial charge on any atom is -0.458 e. The van der Waals surface area contributed by atoms with E-state index in [9.17, 15) is 28.4 Å². The summed E-state index contributed by atoms with van der Waals surface area (Å²) in [6, 6.07) is 17.1. The SMILES string of the molecule is Cc1cc(C(=O)N[C@H](C(=O)N[C@@H](Cc2ccc(F)cc2)C(=O)N[C@H](/C=C/C(=O)OCc2cccc3ccccc23)CCC(N)=O)C(C)C)no1. The first-order valence-corrected chi connectivity index (χ1v) is 16.1. The number of hydrogen-bond acceptors (Lipinski definition) is 8. The van der Waals surface area contributed by atoms with E-state index in [1.807, 2.05) is 42.5 Å². The Morgan fingerprint density at radius 1 is 0.940 bits per heavy atom. The summed E-state index contributed by atoms with van der Waals surface area (Å²) in [5.74, 6) is -3.71. The van der Waals surface area contributed by atoms with Crippen molar-refractivity contribution < 1.29 is 37.6 Å². The predicted molar refractivity (Wildman–Crippen MR) is 183 cm³/mol. The fraction of sp³-hybridized carbons (Fsp3) is 0.297. The van der Waals surface area contributed by atoms with Crippen molar-refractivity contribution in [1.29, 1.82) is 0 Å². The van der Waals surface area contributed by atoms with Crippen LogP contribution in [0.3, 0.4) is 0 Å². The second-order valence-corrected chi connectivity index (χ2v) is 12.1. The van der Waals surface area contributed by atoms with Gasteiger partial charge in [-0.2, -0.15) is 0 Å². The Balaban J connectivity index is 1.49. The van der Waals surface area contributed by atoms with E-state index in [1.54, 1.807) is 20.8 Å². The van der Waals surface area contributed by atoms with E-state index < -0.39 is 59.5 Å². The zero-order chi connectivity index (χ0) is 36.2. The lowest BCUT2D eigenvalue weighted by molar-refractivity contribution is -0.139. The van der Waals surface area contributed by atoms with E-state index in [4.69, 9.17) is 15.0 Å². The Morgan fingerprint density at radius 3 is 2.34 bits per heavy atom. The number of benzene rings is 3. The highest BCUT2D eigenvalue weighted by molar-refractivity contribution is 5.97. The molecule has 4 rings (SSSR count). The van der Waals surface area contributed by atoms with Gasteiger partial charge in [-0.15, -0.1) is 0 Å². The molecule has 12 nitrogen and oxygen atoms in total. The number of nitrogens with zero attached hydrogens (tertiary/aromatic N) is 1. The average Bonchev–Trinajstić information content (AvgIpc) is 3.53. The number of carbonyl (C=O) groups excluding carboxylic acids is 5. The molecule has 0 aliphatic heterocycles. The van der Waals surface area contributed by atoms with Gasteiger partial charge >= 0.3 is 5.97 Å². The summed E-state index contributed by atoms with van der Waals surface area (Å²) in [5, 5.41) is 13.7. The third-order valence-corrected chi connectivity index (χ3v) is 7.83. The lowest BCUT2D eigenvalue weighted by Gasteiger charge is -2.26. The van der Waals surface area contributed by atoms with E-state index >= 15 is 0 Å². The molecule has 0 unspecified atom stereocenters. The molecule has 3 atom stereocenters. The first-order valence-electron chi connectivity index (χ1n) is 16.1. The number of hydrogen-bond donors (Lipinski definition) is 4. The predicted octanol–water partition coefficient (Wildman–Crippen LogP) is 3.81. The van der Waals surface area contributed by atoms with Crippen LogP contribution in [0.1, 0.15) is 54.1 Å². The number of primary amides is 1. The largest absolute Gasteiger partial charge is 0.458 e. The zero-order valence-corrected chi connectivity index (χ0v) is 28.0. The molecule has 0 bridgehead atoms. The van der Waals surface area contributed by atoms with E-state index in [0.29, 0.717) is 11.3 Å². The van der Waals surface area contributed by atoms with Crippen LogP contribution in [0, 0.1) is 18.7 Å². The number of rotatable bonds is 16. The van der Waals surface area contributed by atoms with Crippen molar-refractivity contribution in [3.63, 3.8) is 0 Å². The van der Waals surface area contributed by atoms with Gasteiger partial charge in [0.1, 0.15) is 30.3 Å². The molecule has 0 saturated heterocycles. The number of amides is 4. The average molecular weight is 686 g/mol. The lowest BCUT2D eigenvalue weighted by atomic mass is 10.00. The highest BCUT2D eigenvalue weighted by atomic mass is 19.1. The molecule has 0 aliphatic rings. The van der Waals surface area contributed by atoms with Crippen molar-refractivity contribution in [2.45, 2.75) is 64.8 Å². The molecule has 0 fully saturated rings. The van der Waals surface area contributed by atoms with Crippen LogP contribution in [-0.4, -0.2) is 52.9 Å². The number of carbonyl (C=O) groups is 5. The molecule has 50 heavy (non-hydrogen) atoms. The molecule has 0 spiro atoms. The van der Waals surface area contributed by atoms with Crippen LogP contribution in [0.2, 0.25) is 0 Å². The van der Waals surface area contributed by atoms with Crippen molar-refractivity contribution in [3.8, 4) is 0 Å². The summed E-state index contributed by atoms with van der Waals surface area (Å²) in [6.45, 7) is 5.07. The number of aryl methyl sites for hydroxylation is 1. The molecule has 3 aromatic carbocycles. The molecular weight excluding hydrogens is 645 g/mol. The van der Waals surface area contributed by atoms with Gasteiger partial charge in [0.2, 0.25) is 17.7 Å². The summed E-state index contributed by atoms with van der Waals surface area (Å²) in [4.78, 5) is 64.4. The van der Waals surface area contributed by atoms with Gasteiger partial charge in [0.15, 0.2) is 5.69 Å². The standard InChI is InChI=1S/C37H40FN5O7/c1-22(2)34(42-36(47)31-19-23(3)50-43-31)37(48)41-30(20-24-11-13-27(38)14-12-24)35(46)40-28(15-17-32(39)44)16-18-33(45)49-21-26-9-6-8-25-7-4-5-10-29(25)26/h4-14,16,18-19,22,28,30,34H,15,17,20-21H2,1-3H3,(H2,39,44)(H,40,46)(H,41,48)(H,42,47)/b18-16+/t28-,30-,34-/m0/s1. The second kappa shape index (κ2) is 17.5. The second-order valence-electron chi connectivity index (χ2n) is 12.1. The molecule has 1 aromatic heterocycles. The third kappa shape index (κ3) is 10.8. The van der Waals surface area contributed by atoms with Gasteiger partial charge in [0.25, 0.3) is 5.91 Å². The minimum absolute atomic E-state index is 0.0123. The van der Waals surface area contributed by atoms with Crippen molar-refractivity contribution >= 4 is 40.4 Å². The molecule has 0 aliphatic carbocycles. The molecule has 262 valence electrons. The zero-order valence-electron chi connectivity index (χ0n) is 28.0. The number of nitrogens with one attached hydrogen (secondary N) is 3. The first kappa shape index (κ1) is 37.0. The number of nitrogens with two attached hydrogens (primary N) is 1. The first-order chi connectivity index (χ1) is 23.9. The normalized spacial score (nSPS) is 13.1. The molecule has 5 N–H and O–H groups in total. The lowest BCUT2D eigenvalue weighted by Crippen LogP contribution is -2.56. The van der Waals surface area contributed by atoms with Crippen molar-refractivity contribution in [2.75, 3.05) is 0 Å². The van der Waals surface area contributed by atoms with Gasteiger partial charge in [-0.25, -0.2) is 9.18 Å². The Morgan fingerprint density at radius 2 is 1.66 bits per heavy atom. The third-order valence-electron chi connectivity index (χ3n) is 7.83. The van der Waals surface area contributed by atoms with Crippen LogP contribution in [0.25, 0.3) is 10.8 Å². The Hall–Kier alpha value is -5.85. The van der Waals surface area contributed by atoms with Crippen LogP contribution >= 0.6 is 0 Å². The fourth-order valence-electron chi connectivity index (χ4n) is 5.16. The van der Waals surface area contributed by atoms with Crippen LogP contribution < -0.4 is 21.7 Å². The van der Waals surface area contributed by atoms with Gasteiger partial charge < -0.3 is 30.9 Å². The summed E-state index contributed by atoms with van der Waals surface area (Å²) in [6.07, 6.45) is 2.44. The van der Waals surface area contributed by atoms with Crippen LogP contribution in [0.5, 0.6) is 0 Å². The number of ether oxygens (including phenoxy) is 1. The molecule has 4 aromatic rings. The summed E-state index contributed by atoms with van der Waals surface area (Å²) in [5.41, 5.74) is 6.71. The Kier molecular flexibility index (Phi) is 13.0. The Bertz CT molecular complexity index is 1850. The van der Waals surface area contributed by atoms with Gasteiger partial charge in [-0.1, -0.05) is 79.7 Å². The molecule has 4 amide bonds. The highest BCUT2D eigenvalue weighted by Gasteiger charge is 2.30. The van der Waals surface area contributed by atoms with Gasteiger partial charge in [0.05, 0.1) is 0 Å². The van der Waals surface area contributed by atoms with Crippen molar-refractivity contribution in [2.24, 2.45) is 11.7 Å². The van der Waals surface area contributed by atoms with E-state index in [0.717, 1.165) is 22.4 Å². The van der Waals surface area contributed by atoms with Gasteiger partial charge in [0, 0.05) is 31.0 Å². The van der Waals surface area contributed by atoms with Crippen LogP contribution in [-0.2, 0) is 36.9 Å². The van der Waals surface area contributed by atoms with Crippen LogP contribution in [0.4, 0.5) is 4.39 Å². The number of esters is 1. The summed E-state index contributed by atoms with van der Waals surface area (Å²) in [7, 11) is 0. The molecule has 0 saturated carbocycles. The maximum atomic E-state index is 13.7. The Labute approximate surface area is 288 Å². The summed E-state index contributed by atoms with van der Waals surface area (Å²) >= 11 is 0. The topological polar surface area (TPSA) is 183 Å². The smallest absolute Gasteiger partial charge is 0.330 e. The summed E-state index contributed by atoms with van der Waals surface area (Å²) < 4.78 is 24.1. The highest BCUT2D eigenvalue weighted by Crippen LogP contribution is 2.19. The quantitative estimate of drug-likeness (QED) is 0.101. The number of halogens is 1. The van der Waals surface area contributed by atoms with Crippen molar-refractivity contribution in [1.82, 2.24) is 21.1 Å². The van der Waals surface area contributed by atoms with E-state index in [1.165, 1.54) is 36.4 Å². The molecule has 0 radical (unpaired) electrons. The number of aromatic nitrogens is 1. The van der Waals surface area contributed by atoms with E-state index in [2.05, 4.69) is 21.1 Å². The minimum atomic E-state index is -1.21. The van der Waals surface area contributed by atoms with E-state index in [-0.39, 0.29) is 31.6 Å². The fourth-order valence-corrected chi connectivity index (χ4v) is 5.16. The van der Waals surface area contributed by atoms with Crippen molar-refractivity contribution in [3.05, 3.63) is 113 Å². The number of fused-ring (bicyclic) bond motifs is 1. The van der Waals surface area contributed by atoms with Gasteiger partial charge in [-0.3, -0.25) is 19.2 Å². The molecule has 13 heteroatoms. The van der Waals surface area contributed by atoms with Gasteiger partial charge in [-0.05, 0) is 53.3 Å². The van der Waals surface area contributed by atoms with Crippen LogP contribution in [0.15, 0.2) is 89.5 Å². The molecule has 1 heterocycles. The monoisotopic (exact) mass is 685 g/mol. The molecular formula is C37H40FN5O7. The maximum Gasteiger partial charge on any atom is 0.330 e.